The van der Waals surface area contributed by atoms with E-state index in [0.29, 0.717) is 0 Å². The fourth-order valence-corrected chi connectivity index (χ4v) is 2.73. The lowest BCUT2D eigenvalue weighted by atomic mass is 10.2. The van der Waals surface area contributed by atoms with Crippen molar-refractivity contribution in [3.05, 3.63) is 29.8 Å². The Balaban J connectivity index is 3.28. The summed E-state index contributed by atoms with van der Waals surface area (Å²) < 4.78 is 37.0. The summed E-state index contributed by atoms with van der Waals surface area (Å²) in [7, 11) is 0. The number of hydrogen-bond donors (Lipinski definition) is 1. The van der Waals surface area contributed by atoms with Crippen LogP contribution in [0.25, 0.3) is 0 Å². The first-order chi connectivity index (χ1) is 5.93. The van der Waals surface area contributed by atoms with Gasteiger partial charge in [-0.1, -0.05) is 30.0 Å². The second kappa shape index (κ2) is 4.03. The van der Waals surface area contributed by atoms with Gasteiger partial charge in [0.05, 0.1) is 5.56 Å². The molecule has 0 amide bonds. The predicted molar refractivity (Wildman–Crippen MR) is 55.7 cm³/mol. The van der Waals surface area contributed by atoms with Gasteiger partial charge in [0.2, 0.25) is 0 Å². The lowest BCUT2D eigenvalue weighted by Gasteiger charge is -2.11. The molecule has 0 saturated carbocycles. The molecule has 0 aromatic heterocycles. The van der Waals surface area contributed by atoms with Gasteiger partial charge in [0.25, 0.3) is 0 Å². The highest BCUT2D eigenvalue weighted by molar-refractivity contribution is 8.58. The van der Waals surface area contributed by atoms with Crippen molar-refractivity contribution in [1.29, 1.82) is 0 Å². The molecule has 0 fully saturated rings. The molecule has 1 unspecified atom stereocenters. The molecule has 1 rings (SSSR count). The first kappa shape index (κ1) is 11.1. The third kappa shape index (κ3) is 2.73. The zero-order valence-corrected chi connectivity index (χ0v) is 9.01. The zero-order chi connectivity index (χ0) is 10.1. The van der Waals surface area contributed by atoms with Gasteiger partial charge in [-0.3, -0.25) is 0 Å². The van der Waals surface area contributed by atoms with Crippen molar-refractivity contribution in [3.8, 4) is 0 Å². The SMILES string of the molecule is FC(F)(F)c1ccccc1[PH](=S)S. The lowest BCUT2D eigenvalue weighted by molar-refractivity contribution is -0.136. The molecule has 0 heterocycles. The molecule has 6 heteroatoms. The van der Waals surface area contributed by atoms with Crippen LogP contribution in [-0.2, 0) is 18.0 Å². The highest BCUT2D eigenvalue weighted by Crippen LogP contribution is 2.35. The van der Waals surface area contributed by atoms with Crippen LogP contribution in [0.1, 0.15) is 5.56 Å². The number of benzene rings is 1. The average Bonchev–Trinajstić information content (AvgIpc) is 2.03. The molecule has 0 aliphatic carbocycles. The fraction of sp³-hybridized carbons (Fsp3) is 0.143. The van der Waals surface area contributed by atoms with Gasteiger partial charge in [-0.15, -0.1) is 12.2 Å². The van der Waals surface area contributed by atoms with E-state index < -0.39 is 17.6 Å². The number of alkyl halides is 3. The van der Waals surface area contributed by atoms with Crippen LogP contribution >= 0.6 is 18.1 Å². The minimum absolute atomic E-state index is 0.137. The number of hydrogen-bond acceptors (Lipinski definition) is 1. The van der Waals surface area contributed by atoms with E-state index in [4.69, 9.17) is 11.8 Å². The Morgan fingerprint density at radius 2 is 1.77 bits per heavy atom. The summed E-state index contributed by atoms with van der Waals surface area (Å²) in [6, 6.07) is 5.30. The monoisotopic (exact) mass is 242 g/mol. The Hall–Kier alpha value is 0.01000. The van der Waals surface area contributed by atoms with E-state index in [1.165, 1.54) is 18.2 Å². The summed E-state index contributed by atoms with van der Waals surface area (Å²) in [4.78, 5) is 0. The van der Waals surface area contributed by atoms with Crippen molar-refractivity contribution < 1.29 is 13.2 Å². The molecule has 0 bridgehead atoms. The van der Waals surface area contributed by atoms with Gasteiger partial charge in [0, 0.05) is 11.2 Å². The predicted octanol–water partition coefficient (Wildman–Crippen LogP) is 2.85. The highest BCUT2D eigenvalue weighted by Gasteiger charge is 2.33. The summed E-state index contributed by atoms with van der Waals surface area (Å²) >= 11 is 8.67. The summed E-state index contributed by atoms with van der Waals surface area (Å²) in [5, 5.41) is 0.137. The molecular formula is C7H6F3PS2. The Kier molecular flexibility index (Phi) is 3.44. The van der Waals surface area contributed by atoms with Crippen LogP contribution in [0.15, 0.2) is 24.3 Å². The van der Waals surface area contributed by atoms with Crippen molar-refractivity contribution >= 4 is 35.3 Å². The van der Waals surface area contributed by atoms with E-state index in [1.54, 1.807) is 0 Å². The maximum atomic E-state index is 12.3. The van der Waals surface area contributed by atoms with E-state index in [2.05, 4.69) is 12.2 Å². The zero-order valence-electron chi connectivity index (χ0n) is 6.30. The summed E-state index contributed by atoms with van der Waals surface area (Å²) in [5.41, 5.74) is -0.658. The lowest BCUT2D eigenvalue weighted by Crippen LogP contribution is -2.15. The molecule has 1 atom stereocenters. The quantitative estimate of drug-likeness (QED) is 0.583. The second-order valence-electron chi connectivity index (χ2n) is 2.35. The molecular weight excluding hydrogens is 236 g/mol. The van der Waals surface area contributed by atoms with Gasteiger partial charge in [-0.2, -0.15) is 13.2 Å². The molecule has 0 aliphatic rings. The minimum atomic E-state index is -4.33. The van der Waals surface area contributed by atoms with Crippen LogP contribution in [0.4, 0.5) is 13.2 Å². The molecule has 13 heavy (non-hydrogen) atoms. The third-order valence-corrected chi connectivity index (χ3v) is 3.74. The number of halogens is 3. The van der Waals surface area contributed by atoms with Crippen LogP contribution < -0.4 is 5.30 Å². The summed E-state index contributed by atoms with van der Waals surface area (Å²) in [5.74, 6) is -1.77. The summed E-state index contributed by atoms with van der Waals surface area (Å²) in [6.45, 7) is 0. The van der Waals surface area contributed by atoms with Gasteiger partial charge < -0.3 is 0 Å². The minimum Gasteiger partial charge on any atom is -0.166 e. The van der Waals surface area contributed by atoms with Crippen LogP contribution in [0.5, 0.6) is 0 Å². The highest BCUT2D eigenvalue weighted by atomic mass is 32.9. The summed E-state index contributed by atoms with van der Waals surface area (Å²) in [6.07, 6.45) is -4.33. The van der Waals surface area contributed by atoms with E-state index >= 15 is 0 Å². The smallest absolute Gasteiger partial charge is 0.166 e. The Bertz CT molecular complexity index is 335. The van der Waals surface area contributed by atoms with E-state index in [-0.39, 0.29) is 5.30 Å². The molecule has 0 nitrogen and oxygen atoms in total. The topological polar surface area (TPSA) is 0 Å². The van der Waals surface area contributed by atoms with E-state index in [0.717, 1.165) is 6.07 Å². The fourth-order valence-electron chi connectivity index (χ4n) is 0.917. The van der Waals surface area contributed by atoms with E-state index in [9.17, 15) is 13.2 Å². The molecule has 0 radical (unpaired) electrons. The Morgan fingerprint density at radius 3 is 2.15 bits per heavy atom. The van der Waals surface area contributed by atoms with Crippen LogP contribution in [0.3, 0.4) is 0 Å². The first-order valence-electron chi connectivity index (χ1n) is 3.32. The van der Waals surface area contributed by atoms with Crippen molar-refractivity contribution in [2.75, 3.05) is 0 Å². The molecule has 0 saturated heterocycles. The van der Waals surface area contributed by atoms with Gasteiger partial charge >= 0.3 is 6.18 Å². The van der Waals surface area contributed by atoms with Gasteiger partial charge in [0.1, 0.15) is 0 Å². The van der Waals surface area contributed by atoms with E-state index in [1.807, 2.05) is 0 Å². The molecule has 0 aliphatic heterocycles. The van der Waals surface area contributed by atoms with Gasteiger partial charge in [-0.05, 0) is 6.07 Å². The van der Waals surface area contributed by atoms with Crippen LogP contribution in [-0.4, -0.2) is 0 Å². The average molecular weight is 242 g/mol. The standard InChI is InChI=1S/C7H6F3PS2/c8-7(9,10)5-3-1-2-4-6(5)11(12)13/h1-4,11H,(H,12,13). The molecule has 0 N–H and O–H groups in total. The molecule has 72 valence electrons. The molecule has 0 spiro atoms. The maximum Gasteiger partial charge on any atom is 0.417 e. The van der Waals surface area contributed by atoms with Crippen LogP contribution in [0, 0.1) is 0 Å². The normalized spacial score (nSPS) is 14.2. The second-order valence-corrected chi connectivity index (χ2v) is 6.97. The van der Waals surface area contributed by atoms with Crippen molar-refractivity contribution in [2.24, 2.45) is 0 Å². The third-order valence-electron chi connectivity index (χ3n) is 1.46. The molecule has 1 aromatic rings. The largest absolute Gasteiger partial charge is 0.417 e. The Morgan fingerprint density at radius 1 is 1.23 bits per heavy atom. The number of thiol groups is 1. The van der Waals surface area contributed by atoms with Gasteiger partial charge in [0.15, 0.2) is 0 Å². The van der Waals surface area contributed by atoms with Crippen LogP contribution in [0.2, 0.25) is 0 Å². The first-order valence-corrected chi connectivity index (χ1v) is 7.24. The van der Waals surface area contributed by atoms with Gasteiger partial charge in [-0.25, -0.2) is 0 Å². The van der Waals surface area contributed by atoms with Crippen molar-refractivity contribution in [1.82, 2.24) is 0 Å². The Labute approximate surface area is 84.7 Å². The van der Waals surface area contributed by atoms with Crippen molar-refractivity contribution in [2.45, 2.75) is 6.18 Å². The molecule has 1 aromatic carbocycles. The van der Waals surface area contributed by atoms with Crippen molar-refractivity contribution in [3.63, 3.8) is 0 Å². The maximum absolute atomic E-state index is 12.3. The number of rotatable bonds is 1.